The van der Waals surface area contributed by atoms with Crippen molar-refractivity contribution in [3.8, 4) is 0 Å². The summed E-state index contributed by atoms with van der Waals surface area (Å²) in [6, 6.07) is 10.6. The van der Waals surface area contributed by atoms with Crippen molar-refractivity contribution in [2.24, 2.45) is 0 Å². The van der Waals surface area contributed by atoms with Crippen LogP contribution in [0.25, 0.3) is 0 Å². The SMILES string of the molecule is O=C(N[C@@H](CO)c1cncc(Br)c1)OCc1ccccc1. The number of aliphatic hydroxyl groups excluding tert-OH is 1. The van der Waals surface area contributed by atoms with Crippen molar-refractivity contribution in [1.29, 1.82) is 0 Å². The Hall–Kier alpha value is -1.92. The molecule has 0 radical (unpaired) electrons. The fourth-order valence-corrected chi connectivity index (χ4v) is 2.14. The molecule has 0 saturated heterocycles. The van der Waals surface area contributed by atoms with Gasteiger partial charge in [0.1, 0.15) is 6.61 Å². The Kier molecular flexibility index (Phi) is 5.71. The molecule has 0 saturated carbocycles. The van der Waals surface area contributed by atoms with Crippen molar-refractivity contribution < 1.29 is 14.6 Å². The van der Waals surface area contributed by atoms with Gasteiger partial charge in [-0.15, -0.1) is 0 Å². The van der Waals surface area contributed by atoms with E-state index in [1.54, 1.807) is 18.5 Å². The molecule has 1 atom stereocenters. The molecule has 5 nitrogen and oxygen atoms in total. The van der Waals surface area contributed by atoms with Gasteiger partial charge in [-0.3, -0.25) is 4.98 Å². The van der Waals surface area contributed by atoms with E-state index < -0.39 is 12.1 Å². The first-order valence-corrected chi connectivity index (χ1v) is 7.17. The van der Waals surface area contributed by atoms with Crippen LogP contribution >= 0.6 is 15.9 Å². The van der Waals surface area contributed by atoms with Gasteiger partial charge in [-0.25, -0.2) is 4.79 Å². The molecule has 0 spiro atoms. The molecule has 0 unspecified atom stereocenters. The van der Waals surface area contributed by atoms with E-state index in [-0.39, 0.29) is 13.2 Å². The maximum atomic E-state index is 11.8. The van der Waals surface area contributed by atoms with E-state index in [4.69, 9.17) is 4.74 Å². The molecule has 0 aliphatic rings. The molecule has 21 heavy (non-hydrogen) atoms. The number of carbonyl (C=O) groups is 1. The molecule has 0 fully saturated rings. The molecule has 2 aromatic rings. The number of aromatic nitrogens is 1. The molecule has 110 valence electrons. The normalized spacial score (nSPS) is 11.7. The molecular formula is C15H15BrN2O3. The van der Waals surface area contributed by atoms with Crippen LogP contribution in [0.5, 0.6) is 0 Å². The Morgan fingerprint density at radius 3 is 2.76 bits per heavy atom. The van der Waals surface area contributed by atoms with E-state index in [1.807, 2.05) is 30.3 Å². The molecule has 2 N–H and O–H groups in total. The highest BCUT2D eigenvalue weighted by atomic mass is 79.9. The predicted octanol–water partition coefficient (Wildman–Crippen LogP) is 2.80. The summed E-state index contributed by atoms with van der Waals surface area (Å²) in [5.41, 5.74) is 1.60. The zero-order valence-corrected chi connectivity index (χ0v) is 12.8. The Bertz CT molecular complexity index is 592. The van der Waals surface area contributed by atoms with Gasteiger partial charge in [0.25, 0.3) is 0 Å². The van der Waals surface area contributed by atoms with Crippen molar-refractivity contribution in [3.63, 3.8) is 0 Å². The van der Waals surface area contributed by atoms with Crippen LogP contribution in [0.3, 0.4) is 0 Å². The maximum absolute atomic E-state index is 11.8. The number of nitrogens with zero attached hydrogens (tertiary/aromatic N) is 1. The lowest BCUT2D eigenvalue weighted by Gasteiger charge is -2.16. The van der Waals surface area contributed by atoms with Gasteiger partial charge in [-0.1, -0.05) is 30.3 Å². The van der Waals surface area contributed by atoms with Crippen LogP contribution in [0.1, 0.15) is 17.2 Å². The van der Waals surface area contributed by atoms with Gasteiger partial charge in [-0.05, 0) is 33.1 Å². The number of hydrogen-bond acceptors (Lipinski definition) is 4. The largest absolute Gasteiger partial charge is 0.445 e. The second-order valence-corrected chi connectivity index (χ2v) is 5.29. The summed E-state index contributed by atoms with van der Waals surface area (Å²) in [6.45, 7) is -0.0554. The molecule has 0 aliphatic heterocycles. The molecule has 1 aromatic heterocycles. The van der Waals surface area contributed by atoms with E-state index in [9.17, 15) is 9.90 Å². The van der Waals surface area contributed by atoms with Gasteiger partial charge < -0.3 is 15.2 Å². The lowest BCUT2D eigenvalue weighted by molar-refractivity contribution is 0.129. The van der Waals surface area contributed by atoms with E-state index >= 15 is 0 Å². The number of pyridine rings is 1. The van der Waals surface area contributed by atoms with Crippen LogP contribution in [-0.4, -0.2) is 22.8 Å². The maximum Gasteiger partial charge on any atom is 0.408 e. The Morgan fingerprint density at radius 2 is 2.10 bits per heavy atom. The quantitative estimate of drug-likeness (QED) is 0.869. The van der Waals surface area contributed by atoms with Crippen LogP contribution in [0.15, 0.2) is 53.3 Å². The minimum absolute atomic E-state index is 0.182. The summed E-state index contributed by atoms with van der Waals surface area (Å²) in [7, 11) is 0. The van der Waals surface area contributed by atoms with Crippen molar-refractivity contribution >= 4 is 22.0 Å². The summed E-state index contributed by atoms with van der Waals surface area (Å²) in [5.74, 6) is 0. The smallest absolute Gasteiger partial charge is 0.408 e. The van der Waals surface area contributed by atoms with E-state index in [0.29, 0.717) is 5.56 Å². The van der Waals surface area contributed by atoms with Crippen LogP contribution in [-0.2, 0) is 11.3 Å². The number of benzene rings is 1. The lowest BCUT2D eigenvalue weighted by atomic mass is 10.1. The van der Waals surface area contributed by atoms with E-state index in [2.05, 4.69) is 26.2 Å². The van der Waals surface area contributed by atoms with Gasteiger partial charge >= 0.3 is 6.09 Å². The molecule has 0 bridgehead atoms. The third-order valence-electron chi connectivity index (χ3n) is 2.82. The average molecular weight is 351 g/mol. The molecule has 1 amide bonds. The highest BCUT2D eigenvalue weighted by Crippen LogP contribution is 2.16. The third-order valence-corrected chi connectivity index (χ3v) is 3.25. The number of rotatable bonds is 5. The first kappa shape index (κ1) is 15.5. The van der Waals surface area contributed by atoms with Crippen LogP contribution in [0.4, 0.5) is 4.79 Å². The van der Waals surface area contributed by atoms with Gasteiger partial charge in [0, 0.05) is 16.9 Å². The van der Waals surface area contributed by atoms with Gasteiger partial charge in [0.15, 0.2) is 0 Å². The Morgan fingerprint density at radius 1 is 1.33 bits per heavy atom. The number of hydrogen-bond donors (Lipinski definition) is 2. The molecule has 1 heterocycles. The molecular weight excluding hydrogens is 336 g/mol. The molecule has 6 heteroatoms. The zero-order valence-electron chi connectivity index (χ0n) is 11.2. The number of amides is 1. The van der Waals surface area contributed by atoms with Crippen molar-refractivity contribution in [2.75, 3.05) is 6.61 Å². The van der Waals surface area contributed by atoms with Crippen LogP contribution in [0, 0.1) is 0 Å². The zero-order chi connectivity index (χ0) is 15.1. The van der Waals surface area contributed by atoms with Crippen LogP contribution < -0.4 is 5.32 Å². The average Bonchev–Trinajstić information content (AvgIpc) is 2.51. The van der Waals surface area contributed by atoms with Gasteiger partial charge in [-0.2, -0.15) is 0 Å². The number of alkyl carbamates (subject to hydrolysis) is 1. The topological polar surface area (TPSA) is 71.5 Å². The third kappa shape index (κ3) is 4.84. The Labute approximate surface area is 131 Å². The van der Waals surface area contributed by atoms with Crippen molar-refractivity contribution in [1.82, 2.24) is 10.3 Å². The number of carbonyl (C=O) groups excluding carboxylic acids is 1. The monoisotopic (exact) mass is 350 g/mol. The van der Waals surface area contributed by atoms with Crippen molar-refractivity contribution in [3.05, 3.63) is 64.4 Å². The summed E-state index contributed by atoms with van der Waals surface area (Å²) in [4.78, 5) is 15.8. The minimum Gasteiger partial charge on any atom is -0.445 e. The minimum atomic E-state index is -0.585. The van der Waals surface area contributed by atoms with Crippen LogP contribution in [0.2, 0.25) is 0 Å². The fourth-order valence-electron chi connectivity index (χ4n) is 1.76. The highest BCUT2D eigenvalue weighted by Gasteiger charge is 2.15. The molecule has 1 aromatic carbocycles. The second-order valence-electron chi connectivity index (χ2n) is 4.38. The fraction of sp³-hybridized carbons (Fsp3) is 0.200. The van der Waals surface area contributed by atoms with E-state index in [1.165, 1.54) is 0 Å². The first-order chi connectivity index (χ1) is 10.2. The molecule has 2 rings (SSSR count). The second kappa shape index (κ2) is 7.75. The van der Waals surface area contributed by atoms with Crippen molar-refractivity contribution in [2.45, 2.75) is 12.6 Å². The summed E-state index contributed by atoms with van der Waals surface area (Å²) in [5, 5.41) is 12.0. The summed E-state index contributed by atoms with van der Waals surface area (Å²) < 4.78 is 5.89. The van der Waals surface area contributed by atoms with Gasteiger partial charge in [0.2, 0.25) is 0 Å². The standard InChI is InChI=1S/C15H15BrN2O3/c16-13-6-12(7-17-8-13)14(9-19)18-15(20)21-10-11-4-2-1-3-5-11/h1-8,14,19H,9-10H2,(H,18,20)/t14-/m0/s1. The predicted molar refractivity (Wildman–Crippen MR) is 81.5 cm³/mol. The highest BCUT2D eigenvalue weighted by molar-refractivity contribution is 9.10. The Balaban J connectivity index is 1.91. The van der Waals surface area contributed by atoms with E-state index in [0.717, 1.165) is 10.0 Å². The summed E-state index contributed by atoms with van der Waals surface area (Å²) in [6.07, 6.45) is 2.63. The number of ether oxygens (including phenoxy) is 1. The summed E-state index contributed by atoms with van der Waals surface area (Å²) >= 11 is 3.30. The molecule has 0 aliphatic carbocycles. The first-order valence-electron chi connectivity index (χ1n) is 6.37. The number of nitrogens with one attached hydrogen (secondary N) is 1. The lowest BCUT2D eigenvalue weighted by Crippen LogP contribution is -2.31. The number of aliphatic hydroxyl groups is 1. The number of halogens is 1. The van der Waals surface area contributed by atoms with Gasteiger partial charge in [0.05, 0.1) is 12.6 Å².